The van der Waals surface area contributed by atoms with E-state index in [1.54, 1.807) is 18.3 Å². The minimum atomic E-state index is -0.259. The Morgan fingerprint density at radius 3 is 2.56 bits per heavy atom. The lowest BCUT2D eigenvalue weighted by atomic mass is 10.1. The molecule has 5 heteroatoms. The zero-order chi connectivity index (χ0) is 18.5. The summed E-state index contributed by atoms with van der Waals surface area (Å²) < 4.78 is 2.09. The molecule has 2 heterocycles. The minimum absolute atomic E-state index is 0.259. The molecule has 0 radical (unpaired) electrons. The summed E-state index contributed by atoms with van der Waals surface area (Å²) in [6.07, 6.45) is 3.82. The minimum Gasteiger partial charge on any atom is -0.328 e. The lowest BCUT2D eigenvalue weighted by Gasteiger charge is -2.08. The number of hydroxylamine groups is 1. The van der Waals surface area contributed by atoms with Crippen LogP contribution in [0.4, 0.5) is 0 Å². The van der Waals surface area contributed by atoms with E-state index in [4.69, 9.17) is 4.84 Å². The number of hydrogen-bond acceptors (Lipinski definition) is 3. The van der Waals surface area contributed by atoms with E-state index < -0.39 is 0 Å². The van der Waals surface area contributed by atoms with Gasteiger partial charge in [-0.2, -0.15) is 0 Å². The van der Waals surface area contributed by atoms with Crippen LogP contribution in [0, 0.1) is 0 Å². The summed E-state index contributed by atoms with van der Waals surface area (Å²) in [5.41, 5.74) is 6.09. The first-order valence-electron chi connectivity index (χ1n) is 8.74. The summed E-state index contributed by atoms with van der Waals surface area (Å²) in [6, 6.07) is 23.2. The van der Waals surface area contributed by atoms with Crippen molar-refractivity contribution < 1.29 is 9.63 Å². The number of pyridine rings is 1. The Labute approximate surface area is 157 Å². The van der Waals surface area contributed by atoms with Crippen LogP contribution in [-0.4, -0.2) is 15.5 Å². The number of fused-ring (bicyclic) bond motifs is 1. The summed E-state index contributed by atoms with van der Waals surface area (Å²) >= 11 is 0. The van der Waals surface area contributed by atoms with Gasteiger partial charge >= 0.3 is 0 Å². The van der Waals surface area contributed by atoms with Crippen LogP contribution in [0.25, 0.3) is 11.0 Å². The third-order valence-corrected chi connectivity index (χ3v) is 4.34. The Bertz CT molecular complexity index is 1040. The van der Waals surface area contributed by atoms with Crippen LogP contribution in [0.1, 0.15) is 21.5 Å². The number of carbonyl (C=O) groups is 1. The Balaban J connectivity index is 1.36. The molecule has 4 aromatic rings. The van der Waals surface area contributed by atoms with Crippen LogP contribution in [0.3, 0.4) is 0 Å². The van der Waals surface area contributed by atoms with Crippen LogP contribution < -0.4 is 5.48 Å². The molecule has 2 aromatic carbocycles. The molecule has 0 spiro atoms. The molecule has 1 amide bonds. The first kappa shape index (κ1) is 17.0. The van der Waals surface area contributed by atoms with Crippen LogP contribution in [0.2, 0.25) is 0 Å². The molecular weight excluding hydrogens is 338 g/mol. The predicted octanol–water partition coefficient (Wildman–Crippen LogP) is 3.95. The Morgan fingerprint density at radius 1 is 0.926 bits per heavy atom. The molecule has 2 aromatic heterocycles. The third kappa shape index (κ3) is 4.04. The number of amides is 1. The zero-order valence-corrected chi connectivity index (χ0v) is 14.7. The maximum absolute atomic E-state index is 12.2. The fourth-order valence-corrected chi connectivity index (χ4v) is 2.92. The highest BCUT2D eigenvalue weighted by atomic mass is 16.6. The lowest BCUT2D eigenvalue weighted by molar-refractivity contribution is 0.0233. The summed E-state index contributed by atoms with van der Waals surface area (Å²) in [7, 11) is 0. The van der Waals surface area contributed by atoms with Gasteiger partial charge in [-0.3, -0.25) is 9.63 Å². The molecule has 0 saturated carbocycles. The van der Waals surface area contributed by atoms with Gasteiger partial charge in [-0.1, -0.05) is 42.5 Å². The highest BCUT2D eigenvalue weighted by Crippen LogP contribution is 2.15. The van der Waals surface area contributed by atoms with Gasteiger partial charge in [-0.05, 0) is 41.5 Å². The quantitative estimate of drug-likeness (QED) is 0.532. The topological polar surface area (TPSA) is 56.1 Å². The molecule has 0 aliphatic carbocycles. The highest BCUT2D eigenvalue weighted by molar-refractivity contribution is 5.93. The maximum Gasteiger partial charge on any atom is 0.274 e. The van der Waals surface area contributed by atoms with E-state index in [1.807, 2.05) is 66.9 Å². The number of rotatable bonds is 6. The number of benzene rings is 2. The molecule has 0 saturated heterocycles. The van der Waals surface area contributed by atoms with Gasteiger partial charge in [0, 0.05) is 29.9 Å². The van der Waals surface area contributed by atoms with Crippen molar-refractivity contribution in [3.63, 3.8) is 0 Å². The molecule has 5 nitrogen and oxygen atoms in total. The van der Waals surface area contributed by atoms with E-state index in [-0.39, 0.29) is 5.91 Å². The van der Waals surface area contributed by atoms with Crippen LogP contribution in [0.15, 0.2) is 85.2 Å². The smallest absolute Gasteiger partial charge is 0.274 e. The van der Waals surface area contributed by atoms with Crippen LogP contribution in [0.5, 0.6) is 0 Å². The van der Waals surface area contributed by atoms with E-state index >= 15 is 0 Å². The first-order chi connectivity index (χ1) is 13.3. The molecule has 0 unspecified atom stereocenters. The Morgan fingerprint density at radius 2 is 1.74 bits per heavy atom. The van der Waals surface area contributed by atoms with Gasteiger partial charge < -0.3 is 4.57 Å². The SMILES string of the molecule is O=C(NOCc1ccccc1)c1ccc(Cn2ccc3cccnc32)cc1. The summed E-state index contributed by atoms with van der Waals surface area (Å²) in [6.45, 7) is 1.03. The number of carbonyl (C=O) groups excluding carboxylic acids is 1. The van der Waals surface area contributed by atoms with Crippen molar-refractivity contribution in [2.75, 3.05) is 0 Å². The first-order valence-corrected chi connectivity index (χ1v) is 8.74. The van der Waals surface area contributed by atoms with E-state index in [9.17, 15) is 4.79 Å². The standard InChI is InChI=1S/C22H19N3O2/c26-22(24-27-16-18-5-2-1-3-6-18)20-10-8-17(9-11-20)15-25-14-12-19-7-4-13-23-21(19)25/h1-14H,15-16H2,(H,24,26). The van der Waals surface area contributed by atoms with Crippen LogP contribution in [-0.2, 0) is 18.0 Å². The third-order valence-electron chi connectivity index (χ3n) is 4.34. The van der Waals surface area contributed by atoms with Gasteiger partial charge in [-0.15, -0.1) is 0 Å². The van der Waals surface area contributed by atoms with Crippen molar-refractivity contribution in [1.29, 1.82) is 0 Å². The van der Waals surface area contributed by atoms with Gasteiger partial charge in [0.15, 0.2) is 0 Å². The fourth-order valence-electron chi connectivity index (χ4n) is 2.92. The predicted molar refractivity (Wildman–Crippen MR) is 104 cm³/mol. The Hall–Kier alpha value is -3.44. The van der Waals surface area contributed by atoms with Crippen LogP contribution >= 0.6 is 0 Å². The van der Waals surface area contributed by atoms with Crippen molar-refractivity contribution in [2.45, 2.75) is 13.2 Å². The molecule has 4 rings (SSSR count). The van der Waals surface area contributed by atoms with Gasteiger partial charge in [0.25, 0.3) is 5.91 Å². The van der Waals surface area contributed by atoms with E-state index in [0.717, 1.165) is 22.2 Å². The molecular formula is C22H19N3O2. The molecule has 0 aliphatic rings. The molecule has 1 N–H and O–H groups in total. The molecule has 27 heavy (non-hydrogen) atoms. The van der Waals surface area contributed by atoms with Crippen molar-refractivity contribution in [1.82, 2.24) is 15.0 Å². The molecule has 134 valence electrons. The van der Waals surface area contributed by atoms with E-state index in [2.05, 4.69) is 15.0 Å². The van der Waals surface area contributed by atoms with Gasteiger partial charge in [-0.25, -0.2) is 10.5 Å². The number of aromatic nitrogens is 2. The Kier molecular flexibility index (Phi) is 4.94. The fraction of sp³-hybridized carbons (Fsp3) is 0.0909. The zero-order valence-electron chi connectivity index (χ0n) is 14.7. The second-order valence-electron chi connectivity index (χ2n) is 6.26. The largest absolute Gasteiger partial charge is 0.328 e. The highest BCUT2D eigenvalue weighted by Gasteiger charge is 2.07. The summed E-state index contributed by atoms with van der Waals surface area (Å²) in [5, 5.41) is 1.11. The van der Waals surface area contributed by atoms with Crippen molar-refractivity contribution in [3.05, 3.63) is 102 Å². The van der Waals surface area contributed by atoms with E-state index in [0.29, 0.717) is 18.7 Å². The van der Waals surface area contributed by atoms with Gasteiger partial charge in [0.2, 0.25) is 0 Å². The average Bonchev–Trinajstić information content (AvgIpc) is 3.12. The van der Waals surface area contributed by atoms with Gasteiger partial charge in [0.05, 0.1) is 6.61 Å². The van der Waals surface area contributed by atoms with Crippen molar-refractivity contribution >= 4 is 16.9 Å². The normalized spacial score (nSPS) is 10.8. The maximum atomic E-state index is 12.2. The van der Waals surface area contributed by atoms with Gasteiger partial charge in [0.1, 0.15) is 5.65 Å². The van der Waals surface area contributed by atoms with E-state index in [1.165, 1.54) is 0 Å². The molecule has 0 fully saturated rings. The second kappa shape index (κ2) is 7.85. The number of hydrogen-bond donors (Lipinski definition) is 1. The van der Waals surface area contributed by atoms with Crippen molar-refractivity contribution in [2.24, 2.45) is 0 Å². The number of nitrogens with zero attached hydrogens (tertiary/aromatic N) is 2. The average molecular weight is 357 g/mol. The summed E-state index contributed by atoms with van der Waals surface area (Å²) in [4.78, 5) is 21.9. The summed E-state index contributed by atoms with van der Waals surface area (Å²) in [5.74, 6) is -0.259. The molecule has 0 bridgehead atoms. The van der Waals surface area contributed by atoms with Crippen molar-refractivity contribution in [3.8, 4) is 0 Å². The monoisotopic (exact) mass is 357 g/mol. The molecule has 0 aliphatic heterocycles. The second-order valence-corrected chi connectivity index (χ2v) is 6.26. The number of nitrogens with one attached hydrogen (secondary N) is 1. The lowest BCUT2D eigenvalue weighted by Crippen LogP contribution is -2.23. The molecule has 0 atom stereocenters.